The molecule has 1 aliphatic rings. The van der Waals surface area contributed by atoms with Crippen molar-refractivity contribution in [2.24, 2.45) is 0 Å². The molecule has 1 fully saturated rings. The summed E-state index contributed by atoms with van der Waals surface area (Å²) in [6.07, 6.45) is 0. The summed E-state index contributed by atoms with van der Waals surface area (Å²) < 4.78 is 5.28. The van der Waals surface area contributed by atoms with E-state index in [1.54, 1.807) is 0 Å². The van der Waals surface area contributed by atoms with E-state index in [0.29, 0.717) is 5.69 Å². The van der Waals surface area contributed by atoms with Gasteiger partial charge in [-0.25, -0.2) is 0 Å². The molecule has 0 amide bonds. The van der Waals surface area contributed by atoms with Crippen LogP contribution in [0, 0.1) is 0 Å². The van der Waals surface area contributed by atoms with Crippen LogP contribution in [0.1, 0.15) is 5.56 Å². The summed E-state index contributed by atoms with van der Waals surface area (Å²) in [6, 6.07) is 7.74. The third kappa shape index (κ3) is 4.52. The third-order valence-corrected chi connectivity index (χ3v) is 2.46. The summed E-state index contributed by atoms with van der Waals surface area (Å²) >= 11 is 0. The zero-order chi connectivity index (χ0) is 9.80. The van der Waals surface area contributed by atoms with Gasteiger partial charge in [0, 0.05) is 19.6 Å². The topological polar surface area (TPSA) is 36.3 Å². The van der Waals surface area contributed by atoms with E-state index in [0.717, 1.165) is 32.8 Å². The molecular weight excluding hydrogens is 215 g/mol. The minimum atomic E-state index is 0. The Kier molecular flexibility index (Phi) is 6.38. The van der Waals surface area contributed by atoms with E-state index < -0.39 is 0 Å². The van der Waals surface area contributed by atoms with Crippen molar-refractivity contribution >= 4 is 5.69 Å². The van der Waals surface area contributed by atoms with E-state index in [1.165, 1.54) is 5.56 Å². The van der Waals surface area contributed by atoms with Crippen LogP contribution in [0.4, 0.5) is 5.69 Å². The van der Waals surface area contributed by atoms with Gasteiger partial charge in [-0.1, -0.05) is 24.3 Å². The number of benzene rings is 1. The van der Waals surface area contributed by atoms with Crippen LogP contribution >= 0.6 is 0 Å². The van der Waals surface area contributed by atoms with Crippen LogP contribution in [0.2, 0.25) is 0 Å². The first kappa shape index (κ1) is 13.6. The average molecular weight is 230 g/mol. The number of hydrogen-bond acceptors (Lipinski definition) is 2. The zero-order valence-corrected chi connectivity index (χ0v) is 12.3. The Hall–Kier alpha value is 0.576. The fraction of sp³-hybridized carbons (Fsp3) is 0.455. The zero-order valence-electron chi connectivity index (χ0n) is 9.20. The van der Waals surface area contributed by atoms with Gasteiger partial charge in [0.1, 0.15) is 0 Å². The third-order valence-electron chi connectivity index (χ3n) is 2.46. The second kappa shape index (κ2) is 7.01. The Bertz CT molecular complexity index is 283. The van der Waals surface area contributed by atoms with Crippen LogP contribution in [-0.4, -0.2) is 31.2 Å². The molecule has 0 atom stereocenters. The van der Waals surface area contributed by atoms with Gasteiger partial charge in [-0.2, -0.15) is 0 Å². The van der Waals surface area contributed by atoms with E-state index in [2.05, 4.69) is 4.90 Å². The summed E-state index contributed by atoms with van der Waals surface area (Å²) in [5.74, 6) is 0. The Labute approximate surface area is 133 Å². The molecule has 0 spiro atoms. The van der Waals surface area contributed by atoms with E-state index in [4.69, 9.17) is 10.5 Å². The molecule has 0 aliphatic carbocycles. The summed E-state index contributed by atoms with van der Waals surface area (Å²) in [5, 5.41) is 0. The van der Waals surface area contributed by atoms with Crippen molar-refractivity contribution in [2.45, 2.75) is 6.54 Å². The molecule has 1 N–H and O–H groups in total. The fourth-order valence-corrected chi connectivity index (χ4v) is 1.63. The van der Waals surface area contributed by atoms with Gasteiger partial charge in [-0.05, 0) is 5.56 Å². The standard InChI is InChI=1S/C11H15N2O.K/c12-11-3-1-10(2-4-11)9-13-5-7-14-8-6-13;/h1-4,12H,5-9H2;/q-1;+1. The monoisotopic (exact) mass is 230 g/mol. The summed E-state index contributed by atoms with van der Waals surface area (Å²) in [7, 11) is 0. The second-order valence-corrected chi connectivity index (χ2v) is 3.59. The van der Waals surface area contributed by atoms with Crippen LogP contribution < -0.4 is 51.4 Å². The Morgan fingerprint density at radius 3 is 2.33 bits per heavy atom. The van der Waals surface area contributed by atoms with Gasteiger partial charge in [0.2, 0.25) is 0 Å². The SMILES string of the molecule is [K+].[NH-]c1ccc(CN2CCOCC2)cc1. The van der Waals surface area contributed by atoms with Crippen LogP contribution in [0.15, 0.2) is 24.3 Å². The molecule has 0 radical (unpaired) electrons. The first-order valence-corrected chi connectivity index (χ1v) is 4.95. The number of ether oxygens (including phenoxy) is 1. The van der Waals surface area contributed by atoms with E-state index in [1.807, 2.05) is 24.3 Å². The molecule has 1 saturated heterocycles. The molecule has 0 aromatic heterocycles. The molecule has 4 heteroatoms. The molecule has 1 aromatic carbocycles. The van der Waals surface area contributed by atoms with Gasteiger partial charge in [-0.15, -0.1) is 5.69 Å². The van der Waals surface area contributed by atoms with Gasteiger partial charge in [0.05, 0.1) is 13.2 Å². The molecule has 1 heterocycles. The van der Waals surface area contributed by atoms with Crippen molar-refractivity contribution in [1.82, 2.24) is 4.90 Å². The van der Waals surface area contributed by atoms with Gasteiger partial charge < -0.3 is 10.5 Å². The number of nitrogens with zero attached hydrogens (tertiary/aromatic N) is 1. The maximum atomic E-state index is 7.38. The number of nitrogens with one attached hydrogen (secondary N) is 1. The van der Waals surface area contributed by atoms with Crippen molar-refractivity contribution in [3.8, 4) is 0 Å². The smallest absolute Gasteiger partial charge is 0.699 e. The van der Waals surface area contributed by atoms with Crippen molar-refractivity contribution in [2.75, 3.05) is 26.3 Å². The number of morpholine rings is 1. The van der Waals surface area contributed by atoms with Crippen molar-refractivity contribution in [3.63, 3.8) is 0 Å². The van der Waals surface area contributed by atoms with Crippen molar-refractivity contribution in [3.05, 3.63) is 35.6 Å². The molecule has 2 rings (SSSR count). The molecule has 15 heavy (non-hydrogen) atoms. The molecule has 0 saturated carbocycles. The molecule has 1 aromatic rings. The van der Waals surface area contributed by atoms with Crippen molar-refractivity contribution < 1.29 is 56.1 Å². The largest absolute Gasteiger partial charge is 1.00 e. The summed E-state index contributed by atoms with van der Waals surface area (Å²) in [6.45, 7) is 4.70. The van der Waals surface area contributed by atoms with Gasteiger partial charge in [-0.3, -0.25) is 4.90 Å². The van der Waals surface area contributed by atoms with Gasteiger partial charge >= 0.3 is 51.4 Å². The average Bonchev–Trinajstić information content (AvgIpc) is 2.23. The summed E-state index contributed by atoms with van der Waals surface area (Å²) in [5.41, 5.74) is 9.24. The van der Waals surface area contributed by atoms with Crippen LogP contribution in [0.5, 0.6) is 0 Å². The van der Waals surface area contributed by atoms with Crippen LogP contribution in [-0.2, 0) is 11.3 Å². The van der Waals surface area contributed by atoms with E-state index in [-0.39, 0.29) is 51.4 Å². The molecule has 1 aliphatic heterocycles. The second-order valence-electron chi connectivity index (χ2n) is 3.59. The Morgan fingerprint density at radius 2 is 1.73 bits per heavy atom. The summed E-state index contributed by atoms with van der Waals surface area (Å²) in [4.78, 5) is 2.38. The first-order valence-electron chi connectivity index (χ1n) is 4.95. The maximum absolute atomic E-state index is 7.38. The Morgan fingerprint density at radius 1 is 1.13 bits per heavy atom. The van der Waals surface area contributed by atoms with E-state index >= 15 is 0 Å². The Balaban J connectivity index is 0.00000112. The molecule has 3 nitrogen and oxygen atoms in total. The van der Waals surface area contributed by atoms with E-state index in [9.17, 15) is 0 Å². The van der Waals surface area contributed by atoms with Crippen LogP contribution in [0.3, 0.4) is 0 Å². The first-order chi connectivity index (χ1) is 6.84. The fourth-order valence-electron chi connectivity index (χ4n) is 1.63. The van der Waals surface area contributed by atoms with Crippen LogP contribution in [0.25, 0.3) is 5.73 Å². The molecule has 0 bridgehead atoms. The minimum absolute atomic E-state index is 0. The number of rotatable bonds is 2. The molecule has 76 valence electrons. The maximum Gasteiger partial charge on any atom is 1.00 e. The predicted octanol–water partition coefficient (Wildman–Crippen LogP) is -0.793. The molecule has 0 unspecified atom stereocenters. The van der Waals surface area contributed by atoms with Gasteiger partial charge in [0.25, 0.3) is 0 Å². The normalized spacial score (nSPS) is 17.1. The van der Waals surface area contributed by atoms with Gasteiger partial charge in [0.15, 0.2) is 0 Å². The van der Waals surface area contributed by atoms with Crippen molar-refractivity contribution in [1.29, 1.82) is 0 Å². The quantitative estimate of drug-likeness (QED) is 0.624. The molecular formula is C11H15KN2O. The minimum Gasteiger partial charge on any atom is -0.699 e. The number of hydrogen-bond donors (Lipinski definition) is 0. The predicted molar refractivity (Wildman–Crippen MR) is 56.5 cm³/mol.